The van der Waals surface area contributed by atoms with Crippen molar-refractivity contribution in [3.8, 4) is 0 Å². The molecule has 0 aliphatic carbocycles. The van der Waals surface area contributed by atoms with E-state index in [0.717, 1.165) is 4.88 Å². The zero-order valence-corrected chi connectivity index (χ0v) is 18.9. The minimum atomic E-state index is -0.576. The van der Waals surface area contributed by atoms with Crippen LogP contribution in [0.1, 0.15) is 61.5 Å². The molecule has 0 aromatic carbocycles. The van der Waals surface area contributed by atoms with E-state index in [-0.39, 0.29) is 28.8 Å². The number of aromatic nitrogens is 3. The molecule has 160 valence electrons. The highest BCUT2D eigenvalue weighted by molar-refractivity contribution is 7.09. The number of nitrogens with zero attached hydrogens (tertiary/aromatic N) is 3. The predicted octanol–water partition coefficient (Wildman–Crippen LogP) is 3.59. The minimum absolute atomic E-state index is 0.0372. The van der Waals surface area contributed by atoms with Gasteiger partial charge in [0.1, 0.15) is 0 Å². The molecule has 3 aromatic rings. The number of H-pyrrole nitrogens is 1. The second-order valence-electron chi connectivity index (χ2n) is 8.11. The van der Waals surface area contributed by atoms with Gasteiger partial charge in [0, 0.05) is 23.7 Å². The van der Waals surface area contributed by atoms with Gasteiger partial charge in [-0.3, -0.25) is 19.1 Å². The van der Waals surface area contributed by atoms with Crippen LogP contribution in [0.15, 0.2) is 33.2 Å². The molecule has 0 saturated heterocycles. The van der Waals surface area contributed by atoms with Crippen LogP contribution in [-0.2, 0) is 13.1 Å². The number of pyridine rings is 1. The molecule has 8 heteroatoms. The molecule has 0 aliphatic rings. The number of amides is 1. The van der Waals surface area contributed by atoms with Gasteiger partial charge in [-0.2, -0.15) is 0 Å². The number of carbonyl (C=O) groups is 1. The number of hydrogen-bond acceptors (Lipinski definition) is 5. The van der Waals surface area contributed by atoms with Gasteiger partial charge < -0.3 is 4.90 Å². The van der Waals surface area contributed by atoms with Crippen molar-refractivity contribution in [2.45, 2.75) is 53.6 Å². The van der Waals surface area contributed by atoms with Gasteiger partial charge in [-0.15, -0.1) is 11.3 Å². The van der Waals surface area contributed by atoms with E-state index in [9.17, 15) is 14.4 Å². The van der Waals surface area contributed by atoms with E-state index < -0.39 is 11.2 Å². The maximum atomic E-state index is 13.5. The molecular formula is C22H28N4O3S. The summed E-state index contributed by atoms with van der Waals surface area (Å²) >= 11 is 1.59. The summed E-state index contributed by atoms with van der Waals surface area (Å²) in [7, 11) is 0. The molecule has 0 spiro atoms. The standard InChI is InChI=1S/C22H28N4O3S/c1-6-25(12-15-8-7-9-30-15)21(28)16-10-17(14(4)5)23-19-18(16)20(27)24-22(29)26(19)11-13(2)3/h7-10,13-14H,6,11-12H2,1-5H3,(H,24,27,29). The Morgan fingerprint density at radius 1 is 1.27 bits per heavy atom. The van der Waals surface area contributed by atoms with Crippen LogP contribution in [0.2, 0.25) is 0 Å². The lowest BCUT2D eigenvalue weighted by molar-refractivity contribution is 0.0756. The molecule has 0 radical (unpaired) electrons. The molecule has 1 N–H and O–H groups in total. The zero-order chi connectivity index (χ0) is 22.0. The van der Waals surface area contributed by atoms with Gasteiger partial charge in [-0.25, -0.2) is 9.78 Å². The van der Waals surface area contributed by atoms with Crippen molar-refractivity contribution in [2.24, 2.45) is 5.92 Å². The number of hydrogen-bond donors (Lipinski definition) is 1. The van der Waals surface area contributed by atoms with Gasteiger partial charge in [-0.05, 0) is 36.3 Å². The molecule has 7 nitrogen and oxygen atoms in total. The van der Waals surface area contributed by atoms with Gasteiger partial charge >= 0.3 is 5.69 Å². The molecule has 3 rings (SSSR count). The number of thiophene rings is 1. The van der Waals surface area contributed by atoms with Crippen LogP contribution in [0.25, 0.3) is 11.0 Å². The van der Waals surface area contributed by atoms with Crippen molar-refractivity contribution in [3.63, 3.8) is 0 Å². The number of rotatable bonds is 7. The Morgan fingerprint density at radius 3 is 2.57 bits per heavy atom. The summed E-state index contributed by atoms with van der Waals surface area (Å²) in [6, 6.07) is 5.64. The maximum Gasteiger partial charge on any atom is 0.330 e. The molecule has 0 atom stereocenters. The quantitative estimate of drug-likeness (QED) is 0.623. The molecular weight excluding hydrogens is 400 g/mol. The molecule has 0 bridgehead atoms. The zero-order valence-electron chi connectivity index (χ0n) is 18.1. The first kappa shape index (κ1) is 22.0. The lowest BCUT2D eigenvalue weighted by Gasteiger charge is -2.22. The lowest BCUT2D eigenvalue weighted by Crippen LogP contribution is -2.35. The SMILES string of the molecule is CCN(Cc1cccs1)C(=O)c1cc(C(C)C)nc2c1c(=O)[nH]c(=O)n2CC(C)C. The summed E-state index contributed by atoms with van der Waals surface area (Å²) in [6.07, 6.45) is 0. The van der Waals surface area contributed by atoms with Crippen LogP contribution in [-0.4, -0.2) is 31.9 Å². The fourth-order valence-electron chi connectivity index (χ4n) is 3.38. The fraction of sp³-hybridized carbons (Fsp3) is 0.455. The molecule has 3 aromatic heterocycles. The fourth-order valence-corrected chi connectivity index (χ4v) is 4.10. The first-order chi connectivity index (χ1) is 14.2. The lowest BCUT2D eigenvalue weighted by atomic mass is 10.0. The largest absolute Gasteiger partial charge is 0.334 e. The van der Waals surface area contributed by atoms with Crippen LogP contribution in [0.3, 0.4) is 0 Å². The molecule has 1 amide bonds. The summed E-state index contributed by atoms with van der Waals surface area (Å²) in [5.74, 6) is -0.0258. The van der Waals surface area contributed by atoms with Crippen LogP contribution < -0.4 is 11.2 Å². The smallest absolute Gasteiger partial charge is 0.330 e. The molecule has 0 unspecified atom stereocenters. The molecule has 0 fully saturated rings. The summed E-state index contributed by atoms with van der Waals surface area (Å²) in [4.78, 5) is 48.6. The summed E-state index contributed by atoms with van der Waals surface area (Å²) < 4.78 is 1.47. The highest BCUT2D eigenvalue weighted by atomic mass is 32.1. The van der Waals surface area contributed by atoms with Crippen molar-refractivity contribution < 1.29 is 4.79 Å². The van der Waals surface area contributed by atoms with E-state index in [0.29, 0.717) is 30.9 Å². The second-order valence-corrected chi connectivity index (χ2v) is 9.14. The summed E-state index contributed by atoms with van der Waals surface area (Å²) in [5.41, 5.74) is 0.174. The average molecular weight is 429 g/mol. The maximum absolute atomic E-state index is 13.5. The molecule has 3 heterocycles. The van der Waals surface area contributed by atoms with Crippen molar-refractivity contribution in [3.05, 3.63) is 60.6 Å². The normalized spacial score (nSPS) is 11.6. The third kappa shape index (κ3) is 4.38. The molecule has 0 saturated carbocycles. The monoisotopic (exact) mass is 428 g/mol. The summed E-state index contributed by atoms with van der Waals surface area (Å²) in [6.45, 7) is 11.2. The number of fused-ring (bicyclic) bond motifs is 1. The highest BCUT2D eigenvalue weighted by Gasteiger charge is 2.24. The van der Waals surface area contributed by atoms with Crippen LogP contribution in [0.5, 0.6) is 0 Å². The number of nitrogens with one attached hydrogen (secondary N) is 1. The van der Waals surface area contributed by atoms with E-state index in [1.54, 1.807) is 22.3 Å². The van der Waals surface area contributed by atoms with Crippen molar-refractivity contribution >= 4 is 28.3 Å². The summed E-state index contributed by atoms with van der Waals surface area (Å²) in [5, 5.41) is 2.15. The Labute approximate surface area is 179 Å². The Bertz CT molecular complexity index is 1160. The van der Waals surface area contributed by atoms with E-state index >= 15 is 0 Å². The van der Waals surface area contributed by atoms with Crippen LogP contribution in [0, 0.1) is 5.92 Å². The predicted molar refractivity (Wildman–Crippen MR) is 120 cm³/mol. The first-order valence-electron chi connectivity index (χ1n) is 10.2. The van der Waals surface area contributed by atoms with E-state index in [1.165, 1.54) is 4.57 Å². The van der Waals surface area contributed by atoms with Crippen molar-refractivity contribution in [1.29, 1.82) is 0 Å². The van der Waals surface area contributed by atoms with Gasteiger partial charge in [0.2, 0.25) is 0 Å². The van der Waals surface area contributed by atoms with Gasteiger partial charge in [0.15, 0.2) is 5.65 Å². The third-order valence-electron chi connectivity index (χ3n) is 4.93. The Kier molecular flexibility index (Phi) is 6.55. The van der Waals surface area contributed by atoms with E-state index in [1.807, 2.05) is 52.1 Å². The van der Waals surface area contributed by atoms with Gasteiger partial charge in [0.05, 0.1) is 17.5 Å². The van der Waals surface area contributed by atoms with E-state index in [4.69, 9.17) is 0 Å². The first-order valence-corrected chi connectivity index (χ1v) is 11.1. The minimum Gasteiger partial charge on any atom is -0.334 e. The Balaban J connectivity index is 2.25. The average Bonchev–Trinajstić information content (AvgIpc) is 3.20. The van der Waals surface area contributed by atoms with Gasteiger partial charge in [-0.1, -0.05) is 33.8 Å². The van der Waals surface area contributed by atoms with E-state index in [2.05, 4.69) is 9.97 Å². The van der Waals surface area contributed by atoms with Crippen molar-refractivity contribution in [1.82, 2.24) is 19.4 Å². The number of aromatic amines is 1. The van der Waals surface area contributed by atoms with Crippen LogP contribution in [0.4, 0.5) is 0 Å². The highest BCUT2D eigenvalue weighted by Crippen LogP contribution is 2.22. The molecule has 0 aliphatic heterocycles. The van der Waals surface area contributed by atoms with Crippen LogP contribution >= 0.6 is 11.3 Å². The number of carbonyl (C=O) groups excluding carboxylic acids is 1. The Hall–Kier alpha value is -2.74. The van der Waals surface area contributed by atoms with Crippen molar-refractivity contribution in [2.75, 3.05) is 6.54 Å². The third-order valence-corrected chi connectivity index (χ3v) is 5.80. The van der Waals surface area contributed by atoms with Gasteiger partial charge in [0.25, 0.3) is 11.5 Å². The molecule has 30 heavy (non-hydrogen) atoms. The second kappa shape index (κ2) is 8.95. The Morgan fingerprint density at radius 2 is 2.00 bits per heavy atom. The topological polar surface area (TPSA) is 88.1 Å².